The largest absolute Gasteiger partial charge is 0.495 e. The summed E-state index contributed by atoms with van der Waals surface area (Å²) in [5, 5.41) is 2.14. The van der Waals surface area contributed by atoms with Crippen LogP contribution in [-0.4, -0.2) is 43.3 Å². The number of ether oxygens (including phenoxy) is 2. The normalized spacial score (nSPS) is 13.9. The van der Waals surface area contributed by atoms with Crippen molar-refractivity contribution in [1.82, 2.24) is 9.88 Å². The van der Waals surface area contributed by atoms with Crippen molar-refractivity contribution in [2.45, 2.75) is 6.54 Å². The average Bonchev–Trinajstić information content (AvgIpc) is 2.89. The lowest BCUT2D eigenvalue weighted by Crippen LogP contribution is -2.35. The van der Waals surface area contributed by atoms with Gasteiger partial charge in [-0.1, -0.05) is 36.1 Å². The third-order valence-corrected chi connectivity index (χ3v) is 6.84. The van der Waals surface area contributed by atoms with E-state index in [2.05, 4.69) is 92.3 Å². The van der Waals surface area contributed by atoms with Crippen molar-refractivity contribution in [1.29, 1.82) is 0 Å². The summed E-state index contributed by atoms with van der Waals surface area (Å²) >= 11 is 3.69. The summed E-state index contributed by atoms with van der Waals surface area (Å²) in [4.78, 5) is 6.65. The standard InChI is InChI=1S/C29H25BrN2O2/c1-33-29-26(18-25-12-13-31-19-27(25)28(29)30)24-10-8-22(9-11-24)3-2-21-4-6-23(7-5-21)20-32-14-16-34-17-15-32/h4-13,18-19H,14-17,20H2,1H3. The molecule has 1 aromatic heterocycles. The number of hydrogen-bond acceptors (Lipinski definition) is 4. The fraction of sp³-hybridized carbons (Fsp3) is 0.207. The van der Waals surface area contributed by atoms with E-state index in [0.717, 1.165) is 76.1 Å². The topological polar surface area (TPSA) is 34.6 Å². The van der Waals surface area contributed by atoms with Gasteiger partial charge >= 0.3 is 0 Å². The maximum absolute atomic E-state index is 5.72. The van der Waals surface area contributed by atoms with Crippen molar-refractivity contribution in [2.24, 2.45) is 0 Å². The molecule has 5 heteroatoms. The summed E-state index contributed by atoms with van der Waals surface area (Å²) in [5.41, 5.74) is 5.41. The number of benzene rings is 3. The van der Waals surface area contributed by atoms with Crippen LogP contribution in [-0.2, 0) is 11.3 Å². The predicted octanol–water partition coefficient (Wildman–Crippen LogP) is 5.90. The molecule has 0 N–H and O–H groups in total. The number of fused-ring (bicyclic) bond motifs is 1. The zero-order valence-electron chi connectivity index (χ0n) is 19.1. The van der Waals surface area contributed by atoms with Crippen molar-refractivity contribution < 1.29 is 9.47 Å². The number of methoxy groups -OCH3 is 1. The molecule has 4 nitrogen and oxygen atoms in total. The maximum Gasteiger partial charge on any atom is 0.141 e. The van der Waals surface area contributed by atoms with Crippen LogP contribution in [0.4, 0.5) is 0 Å². The molecule has 2 heterocycles. The van der Waals surface area contributed by atoms with Gasteiger partial charge in [0, 0.05) is 54.1 Å². The number of aromatic nitrogens is 1. The average molecular weight is 513 g/mol. The highest BCUT2D eigenvalue weighted by atomic mass is 79.9. The van der Waals surface area contributed by atoms with E-state index in [-0.39, 0.29) is 0 Å². The highest BCUT2D eigenvalue weighted by molar-refractivity contribution is 9.10. The molecule has 0 spiro atoms. The number of pyridine rings is 1. The van der Waals surface area contributed by atoms with Crippen LogP contribution in [0.1, 0.15) is 16.7 Å². The van der Waals surface area contributed by atoms with Gasteiger partial charge in [0.15, 0.2) is 0 Å². The summed E-state index contributed by atoms with van der Waals surface area (Å²) in [6.07, 6.45) is 3.65. The second-order valence-electron chi connectivity index (χ2n) is 8.28. The minimum atomic E-state index is 0.802. The molecular formula is C29H25BrN2O2. The molecule has 1 aliphatic heterocycles. The molecule has 0 atom stereocenters. The van der Waals surface area contributed by atoms with Crippen molar-refractivity contribution >= 4 is 26.7 Å². The van der Waals surface area contributed by atoms with Gasteiger partial charge in [0.2, 0.25) is 0 Å². The molecule has 3 aromatic carbocycles. The zero-order chi connectivity index (χ0) is 23.3. The lowest BCUT2D eigenvalue weighted by molar-refractivity contribution is 0.0342. The first-order chi connectivity index (χ1) is 16.7. The zero-order valence-corrected chi connectivity index (χ0v) is 20.6. The van der Waals surface area contributed by atoms with Gasteiger partial charge < -0.3 is 9.47 Å². The Morgan fingerprint density at radius 1 is 0.971 bits per heavy atom. The van der Waals surface area contributed by atoms with Gasteiger partial charge in [-0.05, 0) is 68.8 Å². The Kier molecular flexibility index (Phi) is 6.92. The van der Waals surface area contributed by atoms with Gasteiger partial charge in [0.05, 0.1) is 24.8 Å². The lowest BCUT2D eigenvalue weighted by Gasteiger charge is -2.26. The number of halogens is 1. The first-order valence-electron chi connectivity index (χ1n) is 11.3. The molecule has 1 fully saturated rings. The first kappa shape index (κ1) is 22.6. The molecule has 1 saturated heterocycles. The number of morpholine rings is 1. The van der Waals surface area contributed by atoms with Crippen LogP contribution in [0.2, 0.25) is 0 Å². The van der Waals surface area contributed by atoms with Gasteiger partial charge in [-0.25, -0.2) is 0 Å². The van der Waals surface area contributed by atoms with E-state index in [1.807, 2.05) is 12.3 Å². The number of nitrogens with zero attached hydrogens (tertiary/aromatic N) is 2. The van der Waals surface area contributed by atoms with Crippen LogP contribution >= 0.6 is 15.9 Å². The Balaban J connectivity index is 1.33. The van der Waals surface area contributed by atoms with Crippen molar-refractivity contribution in [3.63, 3.8) is 0 Å². The monoisotopic (exact) mass is 512 g/mol. The van der Waals surface area contributed by atoms with Crippen LogP contribution in [0.25, 0.3) is 21.9 Å². The van der Waals surface area contributed by atoms with E-state index >= 15 is 0 Å². The van der Waals surface area contributed by atoms with Crippen molar-refractivity contribution in [2.75, 3.05) is 33.4 Å². The quantitative estimate of drug-likeness (QED) is 0.318. The summed E-state index contributed by atoms with van der Waals surface area (Å²) in [6.45, 7) is 4.60. The highest BCUT2D eigenvalue weighted by Crippen LogP contribution is 2.41. The second-order valence-corrected chi connectivity index (χ2v) is 9.07. The highest BCUT2D eigenvalue weighted by Gasteiger charge is 2.14. The van der Waals surface area contributed by atoms with Gasteiger partial charge in [-0.15, -0.1) is 0 Å². The predicted molar refractivity (Wildman–Crippen MR) is 140 cm³/mol. The van der Waals surface area contributed by atoms with Gasteiger partial charge in [0.25, 0.3) is 0 Å². The summed E-state index contributed by atoms with van der Waals surface area (Å²) in [6, 6.07) is 21.0. The Labute approximate surface area is 208 Å². The van der Waals surface area contributed by atoms with Crippen molar-refractivity contribution in [3.05, 3.63) is 94.2 Å². The van der Waals surface area contributed by atoms with Crippen LogP contribution in [0.3, 0.4) is 0 Å². The second kappa shape index (κ2) is 10.4. The SMILES string of the molecule is COc1c(-c2ccc(C#Cc3ccc(CN4CCOCC4)cc3)cc2)cc2ccncc2c1Br. The molecule has 1 aliphatic rings. The molecule has 0 unspecified atom stereocenters. The van der Waals surface area contributed by atoms with Crippen LogP contribution in [0.5, 0.6) is 5.75 Å². The third-order valence-electron chi connectivity index (χ3n) is 6.05. The van der Waals surface area contributed by atoms with Crippen molar-refractivity contribution in [3.8, 4) is 28.7 Å². The van der Waals surface area contributed by atoms with E-state index in [9.17, 15) is 0 Å². The van der Waals surface area contributed by atoms with Gasteiger partial charge in [0.1, 0.15) is 5.75 Å². The van der Waals surface area contributed by atoms with E-state index in [1.54, 1.807) is 13.3 Å². The smallest absolute Gasteiger partial charge is 0.141 e. The summed E-state index contributed by atoms with van der Waals surface area (Å²) in [5.74, 6) is 7.37. The first-order valence-corrected chi connectivity index (χ1v) is 12.1. The molecule has 5 rings (SSSR count). The molecular weight excluding hydrogens is 488 g/mol. The van der Waals surface area contributed by atoms with Crippen LogP contribution in [0.15, 0.2) is 77.5 Å². The fourth-order valence-corrected chi connectivity index (χ4v) is 4.89. The Hall–Kier alpha value is -3.17. The number of hydrogen-bond donors (Lipinski definition) is 0. The van der Waals surface area contributed by atoms with E-state index in [0.29, 0.717) is 0 Å². The van der Waals surface area contributed by atoms with Gasteiger partial charge in [-0.2, -0.15) is 0 Å². The maximum atomic E-state index is 5.72. The molecule has 0 saturated carbocycles. The number of rotatable bonds is 4. The summed E-state index contributed by atoms with van der Waals surface area (Å²) < 4.78 is 12.1. The fourth-order valence-electron chi connectivity index (χ4n) is 4.18. The molecule has 170 valence electrons. The molecule has 0 amide bonds. The molecule has 34 heavy (non-hydrogen) atoms. The van der Waals surface area contributed by atoms with Gasteiger partial charge in [-0.3, -0.25) is 9.88 Å². The Morgan fingerprint density at radius 3 is 2.32 bits per heavy atom. The van der Waals surface area contributed by atoms with E-state index in [4.69, 9.17) is 9.47 Å². The minimum Gasteiger partial charge on any atom is -0.495 e. The molecule has 0 bridgehead atoms. The molecule has 0 radical (unpaired) electrons. The Morgan fingerprint density at radius 2 is 1.65 bits per heavy atom. The van der Waals surface area contributed by atoms with Crippen LogP contribution in [0, 0.1) is 11.8 Å². The minimum absolute atomic E-state index is 0.802. The third kappa shape index (κ3) is 5.00. The Bertz CT molecular complexity index is 1350. The van der Waals surface area contributed by atoms with Crippen LogP contribution < -0.4 is 4.74 Å². The van der Waals surface area contributed by atoms with E-state index in [1.165, 1.54) is 5.56 Å². The molecule has 0 aliphatic carbocycles. The lowest BCUT2D eigenvalue weighted by atomic mass is 10.00. The molecule has 4 aromatic rings. The van der Waals surface area contributed by atoms with E-state index < -0.39 is 0 Å². The summed E-state index contributed by atoms with van der Waals surface area (Å²) in [7, 11) is 1.69.